The zero-order valence-electron chi connectivity index (χ0n) is 17.5. The van der Waals surface area contributed by atoms with Crippen LogP contribution < -0.4 is 4.74 Å². The number of phenolic OH excluding ortho intramolecular Hbond substituents is 1. The standard InChI is InChI=1S/C27H22O4S/c1-2-5-20(14-27(29)30)19-10-8-18(9-11-19)16-31-21-12-13-26-23(15-21)24(17-32-26)22-6-3-4-7-25(22)28/h3-4,6-13,15,17,20,28H,14,16H2,1H3,(H,29,30)/t20-/m0/s1. The van der Waals surface area contributed by atoms with Crippen LogP contribution in [-0.2, 0) is 11.4 Å². The Bertz CT molecular complexity index is 1310. The Morgan fingerprint density at radius 2 is 1.84 bits per heavy atom. The second-order valence-corrected chi connectivity index (χ2v) is 8.31. The third-order valence-electron chi connectivity index (χ3n) is 5.22. The molecule has 0 bridgehead atoms. The van der Waals surface area contributed by atoms with Crippen LogP contribution in [0.3, 0.4) is 0 Å². The van der Waals surface area contributed by atoms with Crippen LogP contribution in [0.25, 0.3) is 21.2 Å². The molecule has 0 aliphatic carbocycles. The molecule has 0 spiro atoms. The van der Waals surface area contributed by atoms with E-state index in [4.69, 9.17) is 9.84 Å². The minimum Gasteiger partial charge on any atom is -0.507 e. The molecule has 0 saturated carbocycles. The van der Waals surface area contributed by atoms with E-state index in [1.807, 2.05) is 60.7 Å². The van der Waals surface area contributed by atoms with Gasteiger partial charge in [0.25, 0.3) is 0 Å². The zero-order valence-corrected chi connectivity index (χ0v) is 18.4. The Labute approximate surface area is 190 Å². The predicted octanol–water partition coefficient (Wildman–Crippen LogP) is 6.43. The highest BCUT2D eigenvalue weighted by Crippen LogP contribution is 2.39. The van der Waals surface area contributed by atoms with Gasteiger partial charge in [-0.2, -0.15) is 0 Å². The van der Waals surface area contributed by atoms with Gasteiger partial charge in [-0.25, -0.2) is 0 Å². The maximum Gasteiger partial charge on any atom is 0.304 e. The summed E-state index contributed by atoms with van der Waals surface area (Å²) in [6.07, 6.45) is -0.0172. The van der Waals surface area contributed by atoms with Crippen molar-refractivity contribution in [3.05, 3.63) is 83.2 Å². The molecule has 0 aliphatic rings. The normalized spacial score (nSPS) is 11.5. The number of carboxylic acids is 1. The van der Waals surface area contributed by atoms with E-state index in [9.17, 15) is 9.90 Å². The molecule has 1 heterocycles. The number of aliphatic carboxylic acids is 1. The Morgan fingerprint density at radius 1 is 1.06 bits per heavy atom. The number of hydrogen-bond acceptors (Lipinski definition) is 4. The van der Waals surface area contributed by atoms with Gasteiger partial charge in [0.15, 0.2) is 0 Å². The van der Waals surface area contributed by atoms with Gasteiger partial charge in [-0.15, -0.1) is 17.3 Å². The summed E-state index contributed by atoms with van der Waals surface area (Å²) >= 11 is 1.63. The topological polar surface area (TPSA) is 66.8 Å². The van der Waals surface area contributed by atoms with E-state index in [-0.39, 0.29) is 18.1 Å². The lowest BCUT2D eigenvalue weighted by molar-refractivity contribution is -0.137. The first-order valence-electron chi connectivity index (χ1n) is 10.2. The molecule has 1 atom stereocenters. The molecule has 160 valence electrons. The molecule has 0 saturated heterocycles. The van der Waals surface area contributed by atoms with E-state index >= 15 is 0 Å². The number of ether oxygens (including phenoxy) is 1. The van der Waals surface area contributed by atoms with Crippen molar-refractivity contribution >= 4 is 27.4 Å². The van der Waals surface area contributed by atoms with Gasteiger partial charge in [-0.1, -0.05) is 48.4 Å². The summed E-state index contributed by atoms with van der Waals surface area (Å²) in [6, 6.07) is 21.0. The second kappa shape index (κ2) is 9.59. The second-order valence-electron chi connectivity index (χ2n) is 7.40. The van der Waals surface area contributed by atoms with Crippen molar-refractivity contribution in [3.63, 3.8) is 0 Å². The van der Waals surface area contributed by atoms with Crippen molar-refractivity contribution in [2.45, 2.75) is 25.9 Å². The van der Waals surface area contributed by atoms with E-state index in [0.29, 0.717) is 6.61 Å². The minimum atomic E-state index is -0.864. The Hall–Kier alpha value is -3.75. The van der Waals surface area contributed by atoms with Crippen LogP contribution in [0.2, 0.25) is 0 Å². The lowest BCUT2D eigenvalue weighted by atomic mass is 9.95. The van der Waals surface area contributed by atoms with E-state index in [1.54, 1.807) is 24.3 Å². The molecule has 1 aromatic heterocycles. The molecule has 4 nitrogen and oxygen atoms in total. The molecular weight excluding hydrogens is 420 g/mol. The number of fused-ring (bicyclic) bond motifs is 1. The van der Waals surface area contributed by atoms with Crippen LogP contribution in [0.1, 0.15) is 30.4 Å². The number of carbonyl (C=O) groups is 1. The zero-order chi connectivity index (χ0) is 22.5. The van der Waals surface area contributed by atoms with Crippen LogP contribution in [0.15, 0.2) is 72.1 Å². The monoisotopic (exact) mass is 442 g/mol. The number of aromatic hydroxyl groups is 1. The van der Waals surface area contributed by atoms with Crippen molar-refractivity contribution < 1.29 is 19.7 Å². The molecule has 0 aliphatic heterocycles. The fourth-order valence-electron chi connectivity index (χ4n) is 3.62. The fraction of sp³-hybridized carbons (Fsp3) is 0.148. The molecule has 0 amide bonds. The quantitative estimate of drug-likeness (QED) is 0.324. The molecule has 0 unspecified atom stereocenters. The van der Waals surface area contributed by atoms with Crippen LogP contribution in [0, 0.1) is 11.8 Å². The summed E-state index contributed by atoms with van der Waals surface area (Å²) in [5.74, 6) is 5.60. The number of hydrogen-bond donors (Lipinski definition) is 2. The van der Waals surface area contributed by atoms with Crippen molar-refractivity contribution in [2.24, 2.45) is 0 Å². The average molecular weight is 443 g/mol. The first-order valence-corrected chi connectivity index (χ1v) is 11.1. The van der Waals surface area contributed by atoms with E-state index < -0.39 is 5.97 Å². The van der Waals surface area contributed by atoms with Crippen molar-refractivity contribution in [2.75, 3.05) is 0 Å². The molecule has 4 aromatic rings. The highest BCUT2D eigenvalue weighted by Gasteiger charge is 2.13. The van der Waals surface area contributed by atoms with Gasteiger partial charge in [-0.3, -0.25) is 4.79 Å². The van der Waals surface area contributed by atoms with Gasteiger partial charge < -0.3 is 14.9 Å². The molecule has 0 radical (unpaired) electrons. The van der Waals surface area contributed by atoms with E-state index in [2.05, 4.69) is 17.2 Å². The molecule has 2 N–H and O–H groups in total. The Morgan fingerprint density at radius 3 is 2.56 bits per heavy atom. The Balaban J connectivity index is 1.51. The highest BCUT2D eigenvalue weighted by molar-refractivity contribution is 7.17. The summed E-state index contributed by atoms with van der Waals surface area (Å²) in [6.45, 7) is 2.11. The summed E-state index contributed by atoms with van der Waals surface area (Å²) in [7, 11) is 0. The van der Waals surface area contributed by atoms with Crippen molar-refractivity contribution in [1.82, 2.24) is 0 Å². The molecule has 3 aromatic carbocycles. The van der Waals surface area contributed by atoms with E-state index in [1.165, 1.54) is 0 Å². The number of rotatable bonds is 7. The smallest absolute Gasteiger partial charge is 0.304 e. The first-order chi connectivity index (χ1) is 15.5. The van der Waals surface area contributed by atoms with Gasteiger partial charge in [0.1, 0.15) is 18.1 Å². The van der Waals surface area contributed by atoms with E-state index in [0.717, 1.165) is 38.1 Å². The SMILES string of the molecule is CC#C[C@@H](CC(=O)O)c1ccc(COc2ccc3scc(-c4ccccc4O)c3c2)cc1. The highest BCUT2D eigenvalue weighted by atomic mass is 32.1. The fourth-order valence-corrected chi connectivity index (χ4v) is 4.56. The maximum atomic E-state index is 11.1. The number of thiophene rings is 1. The molecule has 0 fully saturated rings. The molecule has 5 heteroatoms. The van der Waals surface area contributed by atoms with Crippen LogP contribution in [-0.4, -0.2) is 16.2 Å². The van der Waals surface area contributed by atoms with Gasteiger partial charge in [0, 0.05) is 21.2 Å². The van der Waals surface area contributed by atoms with Gasteiger partial charge >= 0.3 is 5.97 Å². The molecular formula is C27H22O4S. The van der Waals surface area contributed by atoms with Gasteiger partial charge in [0.05, 0.1) is 12.3 Å². The largest absolute Gasteiger partial charge is 0.507 e. The number of para-hydroxylation sites is 1. The minimum absolute atomic E-state index is 0.0172. The summed E-state index contributed by atoms with van der Waals surface area (Å²) in [5.41, 5.74) is 3.66. The third-order valence-corrected chi connectivity index (χ3v) is 6.19. The van der Waals surface area contributed by atoms with Crippen molar-refractivity contribution in [3.8, 4) is 34.5 Å². The lowest BCUT2D eigenvalue weighted by Crippen LogP contribution is -2.05. The lowest BCUT2D eigenvalue weighted by Gasteiger charge is -2.11. The summed E-state index contributed by atoms with van der Waals surface area (Å²) in [5, 5.41) is 22.4. The molecule has 32 heavy (non-hydrogen) atoms. The summed E-state index contributed by atoms with van der Waals surface area (Å²) in [4.78, 5) is 11.1. The number of benzene rings is 3. The Kier molecular flexibility index (Phi) is 6.44. The van der Waals surface area contributed by atoms with Crippen molar-refractivity contribution in [1.29, 1.82) is 0 Å². The maximum absolute atomic E-state index is 11.1. The van der Waals surface area contributed by atoms with Gasteiger partial charge in [-0.05, 0) is 47.7 Å². The van der Waals surface area contributed by atoms with Crippen LogP contribution in [0.4, 0.5) is 0 Å². The average Bonchev–Trinajstić information content (AvgIpc) is 3.21. The number of carboxylic acid groups (broad SMARTS) is 1. The predicted molar refractivity (Wildman–Crippen MR) is 128 cm³/mol. The molecule has 4 rings (SSSR count). The van der Waals surface area contributed by atoms with Crippen LogP contribution in [0.5, 0.6) is 11.5 Å². The summed E-state index contributed by atoms with van der Waals surface area (Å²) < 4.78 is 7.15. The number of phenols is 1. The first kappa shape index (κ1) is 21.5. The third kappa shape index (κ3) is 4.77. The van der Waals surface area contributed by atoms with Crippen LogP contribution >= 0.6 is 11.3 Å². The van der Waals surface area contributed by atoms with Gasteiger partial charge in [0.2, 0.25) is 0 Å².